The number of rotatable bonds is 0. The van der Waals surface area contributed by atoms with Gasteiger partial charge in [-0.25, -0.2) is 0 Å². The van der Waals surface area contributed by atoms with Crippen molar-refractivity contribution in [2.45, 2.75) is 13.3 Å². The number of fused-ring (bicyclic) bond motifs is 3. The van der Waals surface area contributed by atoms with Gasteiger partial charge >= 0.3 is 0 Å². The van der Waals surface area contributed by atoms with Gasteiger partial charge in [-0.1, -0.05) is 67.3 Å². The normalized spacial score (nSPS) is 10.3. The fraction of sp³-hybridized carbons (Fsp3) is 0.111. The maximum atomic E-state index is 3.28. The summed E-state index contributed by atoms with van der Waals surface area (Å²) in [4.78, 5) is 0. The summed E-state index contributed by atoms with van der Waals surface area (Å²) in [6.45, 7) is 2.08. The van der Waals surface area contributed by atoms with E-state index in [1.165, 1.54) is 21.5 Å². The van der Waals surface area contributed by atoms with E-state index < -0.39 is 0 Å². The molecule has 0 aromatic heterocycles. The molecule has 0 saturated heterocycles. The van der Waals surface area contributed by atoms with Gasteiger partial charge in [-0.15, -0.1) is 0 Å². The van der Waals surface area contributed by atoms with Crippen LogP contribution in [0.3, 0.4) is 0 Å². The molecule has 0 radical (unpaired) electrons. The van der Waals surface area contributed by atoms with Crippen molar-refractivity contribution in [2.24, 2.45) is 0 Å². The standard InChI is InChI=1S/C18H14/c1-2-3-8-14-13-15-9-4-5-10-17(15)18-12-7-6-11-16(14)18/h4-7,9-13H,2H2,1H3. The van der Waals surface area contributed by atoms with Gasteiger partial charge in [0.2, 0.25) is 0 Å². The lowest BCUT2D eigenvalue weighted by atomic mass is 9.97. The van der Waals surface area contributed by atoms with Gasteiger partial charge in [-0.2, -0.15) is 0 Å². The second kappa shape index (κ2) is 4.55. The van der Waals surface area contributed by atoms with Crippen LogP contribution >= 0.6 is 0 Å². The molecule has 3 aromatic carbocycles. The molecule has 0 fully saturated rings. The Morgan fingerprint density at radius 1 is 0.833 bits per heavy atom. The summed E-state index contributed by atoms with van der Waals surface area (Å²) >= 11 is 0. The minimum atomic E-state index is 0.890. The Labute approximate surface area is 107 Å². The van der Waals surface area contributed by atoms with Crippen molar-refractivity contribution in [3.8, 4) is 11.8 Å². The lowest BCUT2D eigenvalue weighted by Crippen LogP contribution is -1.83. The van der Waals surface area contributed by atoms with Gasteiger partial charge in [0, 0.05) is 12.0 Å². The third kappa shape index (κ3) is 1.75. The zero-order valence-electron chi connectivity index (χ0n) is 10.4. The Morgan fingerprint density at radius 2 is 1.50 bits per heavy atom. The van der Waals surface area contributed by atoms with Crippen molar-refractivity contribution in [2.75, 3.05) is 0 Å². The third-order valence-electron chi connectivity index (χ3n) is 3.17. The summed E-state index contributed by atoms with van der Waals surface area (Å²) in [6, 6.07) is 19.2. The van der Waals surface area contributed by atoms with Crippen LogP contribution in [-0.4, -0.2) is 0 Å². The highest BCUT2D eigenvalue weighted by molar-refractivity contribution is 6.09. The molecule has 3 aromatic rings. The lowest BCUT2D eigenvalue weighted by Gasteiger charge is -2.06. The van der Waals surface area contributed by atoms with Gasteiger partial charge in [-0.3, -0.25) is 0 Å². The Kier molecular flexibility index (Phi) is 2.74. The average Bonchev–Trinajstić information content (AvgIpc) is 2.45. The summed E-state index contributed by atoms with van der Waals surface area (Å²) in [5.41, 5.74) is 1.13. The van der Waals surface area contributed by atoms with Crippen LogP contribution in [0.2, 0.25) is 0 Å². The van der Waals surface area contributed by atoms with E-state index in [4.69, 9.17) is 0 Å². The Morgan fingerprint density at radius 3 is 2.28 bits per heavy atom. The molecule has 0 aliphatic heterocycles. The molecule has 0 saturated carbocycles. The minimum Gasteiger partial charge on any atom is -0.0982 e. The van der Waals surface area contributed by atoms with E-state index in [0.29, 0.717) is 0 Å². The molecule has 3 rings (SSSR count). The maximum Gasteiger partial charge on any atom is 0.0330 e. The predicted molar refractivity (Wildman–Crippen MR) is 78.6 cm³/mol. The Balaban J connectivity index is 2.46. The first-order valence-corrected chi connectivity index (χ1v) is 6.29. The van der Waals surface area contributed by atoms with Crippen LogP contribution in [0.5, 0.6) is 0 Å². The van der Waals surface area contributed by atoms with E-state index >= 15 is 0 Å². The van der Waals surface area contributed by atoms with Crippen molar-refractivity contribution >= 4 is 21.5 Å². The first-order chi connectivity index (χ1) is 8.90. The zero-order valence-corrected chi connectivity index (χ0v) is 10.4. The van der Waals surface area contributed by atoms with E-state index in [1.54, 1.807) is 0 Å². The quantitative estimate of drug-likeness (QED) is 0.386. The first-order valence-electron chi connectivity index (χ1n) is 6.29. The highest BCUT2D eigenvalue weighted by Crippen LogP contribution is 2.28. The van der Waals surface area contributed by atoms with Gasteiger partial charge in [0.1, 0.15) is 0 Å². The van der Waals surface area contributed by atoms with Crippen molar-refractivity contribution in [3.63, 3.8) is 0 Å². The molecule has 0 heterocycles. The Hall–Kier alpha value is -2.26. The largest absolute Gasteiger partial charge is 0.0982 e. The molecule has 0 aliphatic carbocycles. The molecule has 0 atom stereocenters. The van der Waals surface area contributed by atoms with Gasteiger partial charge in [0.05, 0.1) is 0 Å². The van der Waals surface area contributed by atoms with Crippen LogP contribution in [0.1, 0.15) is 18.9 Å². The summed E-state index contributed by atoms with van der Waals surface area (Å²) in [7, 11) is 0. The van der Waals surface area contributed by atoms with Gasteiger partial charge < -0.3 is 0 Å². The average molecular weight is 230 g/mol. The molecule has 0 bridgehead atoms. The third-order valence-corrected chi connectivity index (χ3v) is 3.17. The number of hydrogen-bond acceptors (Lipinski definition) is 0. The molecule has 0 amide bonds. The number of hydrogen-bond donors (Lipinski definition) is 0. The topological polar surface area (TPSA) is 0 Å². The van der Waals surface area contributed by atoms with Crippen LogP contribution in [0.4, 0.5) is 0 Å². The van der Waals surface area contributed by atoms with Crippen molar-refractivity contribution < 1.29 is 0 Å². The van der Waals surface area contributed by atoms with Crippen molar-refractivity contribution in [1.29, 1.82) is 0 Å². The second-order valence-corrected chi connectivity index (χ2v) is 4.35. The van der Waals surface area contributed by atoms with Crippen LogP contribution in [0, 0.1) is 11.8 Å². The van der Waals surface area contributed by atoms with Crippen LogP contribution < -0.4 is 0 Å². The van der Waals surface area contributed by atoms with Crippen molar-refractivity contribution in [1.82, 2.24) is 0 Å². The monoisotopic (exact) mass is 230 g/mol. The SMILES string of the molecule is CCC#Cc1cc2ccccc2c2ccccc12. The van der Waals surface area contributed by atoms with E-state index in [1.807, 2.05) is 0 Å². The molecular weight excluding hydrogens is 216 g/mol. The van der Waals surface area contributed by atoms with E-state index in [9.17, 15) is 0 Å². The molecule has 0 aliphatic rings. The lowest BCUT2D eigenvalue weighted by molar-refractivity contribution is 1.28. The Bertz CT molecular complexity index is 770. The zero-order chi connectivity index (χ0) is 12.4. The summed E-state index contributed by atoms with van der Waals surface area (Å²) < 4.78 is 0. The highest BCUT2D eigenvalue weighted by Gasteiger charge is 2.03. The summed E-state index contributed by atoms with van der Waals surface area (Å²) in [5, 5.41) is 5.10. The molecule has 86 valence electrons. The summed E-state index contributed by atoms with van der Waals surface area (Å²) in [5.74, 6) is 6.45. The van der Waals surface area contributed by atoms with Crippen LogP contribution in [0.15, 0.2) is 54.6 Å². The van der Waals surface area contributed by atoms with Crippen LogP contribution in [0.25, 0.3) is 21.5 Å². The second-order valence-electron chi connectivity index (χ2n) is 4.35. The molecule has 18 heavy (non-hydrogen) atoms. The van der Waals surface area contributed by atoms with Crippen LogP contribution in [-0.2, 0) is 0 Å². The molecule has 0 spiro atoms. The summed E-state index contributed by atoms with van der Waals surface area (Å²) in [6.07, 6.45) is 0.890. The molecule has 0 unspecified atom stereocenters. The van der Waals surface area contributed by atoms with Gasteiger partial charge in [0.25, 0.3) is 0 Å². The first kappa shape index (κ1) is 10.9. The fourth-order valence-corrected chi connectivity index (χ4v) is 2.34. The molecule has 0 heteroatoms. The molecule has 0 nitrogen and oxygen atoms in total. The number of benzene rings is 3. The smallest absolute Gasteiger partial charge is 0.0330 e. The fourth-order valence-electron chi connectivity index (χ4n) is 2.34. The maximum absolute atomic E-state index is 3.28. The highest BCUT2D eigenvalue weighted by atomic mass is 14.1. The van der Waals surface area contributed by atoms with Crippen molar-refractivity contribution in [3.05, 3.63) is 60.2 Å². The van der Waals surface area contributed by atoms with E-state index in [2.05, 4.69) is 73.4 Å². The van der Waals surface area contributed by atoms with Gasteiger partial charge in [0.15, 0.2) is 0 Å². The molecule has 0 N–H and O–H groups in total. The van der Waals surface area contributed by atoms with E-state index in [-0.39, 0.29) is 0 Å². The minimum absolute atomic E-state index is 0.890. The van der Waals surface area contributed by atoms with E-state index in [0.717, 1.165) is 12.0 Å². The predicted octanol–water partition coefficient (Wildman–Crippen LogP) is 4.75. The molecular formula is C18H14. The van der Waals surface area contributed by atoms with Gasteiger partial charge in [-0.05, 0) is 27.6 Å².